The number of aliphatic imine (C=N–C) groups is 1. The normalized spacial score (nSPS) is 11.1. The lowest BCUT2D eigenvalue weighted by atomic mass is 10.1. The predicted octanol–water partition coefficient (Wildman–Crippen LogP) is 2.56. The van der Waals surface area contributed by atoms with E-state index in [2.05, 4.69) is 45.6 Å². The maximum atomic E-state index is 11.6. The van der Waals surface area contributed by atoms with Gasteiger partial charge in [-0.05, 0) is 35.7 Å². The minimum absolute atomic E-state index is 0.0757. The van der Waals surface area contributed by atoms with Crippen LogP contribution in [0, 0.1) is 6.92 Å². The van der Waals surface area contributed by atoms with E-state index in [4.69, 9.17) is 0 Å². The summed E-state index contributed by atoms with van der Waals surface area (Å²) in [6.07, 6.45) is 0. The Bertz CT molecular complexity index is 738. The van der Waals surface area contributed by atoms with E-state index < -0.39 is 0 Å². The molecule has 132 valence electrons. The first-order chi connectivity index (χ1) is 12.0. The molecule has 1 amide bonds. The number of aryl methyl sites for hydroxylation is 1. The van der Waals surface area contributed by atoms with Crippen LogP contribution in [0.4, 0.5) is 0 Å². The van der Waals surface area contributed by atoms with Gasteiger partial charge in [-0.3, -0.25) is 9.79 Å². The average Bonchev–Trinajstić information content (AvgIpc) is 2.64. The summed E-state index contributed by atoms with van der Waals surface area (Å²) in [5.41, 5.74) is 4.31. The minimum atomic E-state index is -0.0757. The highest BCUT2D eigenvalue weighted by Crippen LogP contribution is 2.10. The number of carbonyl (C=O) groups is 1. The second-order valence-corrected chi connectivity index (χ2v) is 5.96. The highest BCUT2D eigenvalue weighted by molar-refractivity contribution is 5.93. The molecule has 0 unspecified atom stereocenters. The number of amides is 1. The van der Waals surface area contributed by atoms with Gasteiger partial charge < -0.3 is 15.5 Å². The molecule has 0 heterocycles. The van der Waals surface area contributed by atoms with Crippen molar-refractivity contribution in [3.63, 3.8) is 0 Å². The topological polar surface area (TPSA) is 56.7 Å². The first-order valence-corrected chi connectivity index (χ1v) is 8.32. The zero-order valence-electron chi connectivity index (χ0n) is 15.3. The highest BCUT2D eigenvalue weighted by atomic mass is 16.1. The zero-order valence-corrected chi connectivity index (χ0v) is 15.3. The van der Waals surface area contributed by atoms with Crippen LogP contribution < -0.4 is 10.6 Å². The lowest BCUT2D eigenvalue weighted by Crippen LogP contribution is -2.38. The van der Waals surface area contributed by atoms with Crippen LogP contribution in [0.3, 0.4) is 0 Å². The molecule has 0 atom stereocenters. The van der Waals surface area contributed by atoms with Crippen molar-refractivity contribution in [3.05, 3.63) is 70.8 Å². The molecule has 0 bridgehead atoms. The van der Waals surface area contributed by atoms with Gasteiger partial charge in [-0.2, -0.15) is 0 Å². The third kappa shape index (κ3) is 5.08. The number of rotatable bonds is 5. The Hall–Kier alpha value is -2.82. The van der Waals surface area contributed by atoms with Gasteiger partial charge in [-0.1, -0.05) is 36.4 Å². The molecule has 0 aliphatic heterocycles. The number of benzene rings is 2. The lowest BCUT2D eigenvalue weighted by Gasteiger charge is -2.23. The van der Waals surface area contributed by atoms with Crippen LogP contribution in [0.1, 0.15) is 27.0 Å². The first-order valence-electron chi connectivity index (χ1n) is 8.32. The fourth-order valence-electron chi connectivity index (χ4n) is 2.60. The number of nitrogens with one attached hydrogen (secondary N) is 2. The molecule has 0 radical (unpaired) electrons. The maximum absolute atomic E-state index is 11.6. The molecule has 0 aliphatic rings. The van der Waals surface area contributed by atoms with Crippen LogP contribution in [-0.2, 0) is 13.1 Å². The summed E-state index contributed by atoms with van der Waals surface area (Å²) in [6.45, 7) is 3.56. The second-order valence-electron chi connectivity index (χ2n) is 5.96. The summed E-state index contributed by atoms with van der Waals surface area (Å²) in [6, 6.07) is 15.9. The number of nitrogens with zero attached hydrogens (tertiary/aromatic N) is 2. The second kappa shape index (κ2) is 8.87. The molecule has 0 fully saturated rings. The predicted molar refractivity (Wildman–Crippen MR) is 103 cm³/mol. The minimum Gasteiger partial charge on any atom is -0.355 e. The lowest BCUT2D eigenvalue weighted by molar-refractivity contribution is 0.0963. The Kier molecular flexibility index (Phi) is 6.57. The van der Waals surface area contributed by atoms with E-state index >= 15 is 0 Å². The molecule has 0 spiro atoms. The number of hydrogen-bond acceptors (Lipinski definition) is 2. The Morgan fingerprint density at radius 2 is 1.80 bits per heavy atom. The van der Waals surface area contributed by atoms with Gasteiger partial charge in [0, 0.05) is 39.8 Å². The van der Waals surface area contributed by atoms with Crippen molar-refractivity contribution in [3.8, 4) is 0 Å². The van der Waals surface area contributed by atoms with Gasteiger partial charge in [0.25, 0.3) is 5.91 Å². The fourth-order valence-corrected chi connectivity index (χ4v) is 2.60. The van der Waals surface area contributed by atoms with Gasteiger partial charge in [0.2, 0.25) is 0 Å². The van der Waals surface area contributed by atoms with E-state index in [-0.39, 0.29) is 5.91 Å². The van der Waals surface area contributed by atoms with E-state index in [1.165, 1.54) is 11.1 Å². The van der Waals surface area contributed by atoms with E-state index in [1.807, 2.05) is 37.4 Å². The SMILES string of the molecule is CN=C(NCc1ccc(C(=O)NC)cc1)N(C)Cc1ccccc1C. The molecule has 2 aromatic rings. The van der Waals surface area contributed by atoms with Crippen LogP contribution in [0.2, 0.25) is 0 Å². The van der Waals surface area contributed by atoms with Crippen molar-refractivity contribution in [1.82, 2.24) is 15.5 Å². The van der Waals surface area contributed by atoms with Crippen molar-refractivity contribution in [2.24, 2.45) is 4.99 Å². The zero-order chi connectivity index (χ0) is 18.2. The molecule has 0 aliphatic carbocycles. The first kappa shape index (κ1) is 18.5. The molecular formula is C20H26N4O. The van der Waals surface area contributed by atoms with Gasteiger partial charge in [0.05, 0.1) is 0 Å². The van der Waals surface area contributed by atoms with Gasteiger partial charge in [-0.15, -0.1) is 0 Å². The van der Waals surface area contributed by atoms with Gasteiger partial charge >= 0.3 is 0 Å². The smallest absolute Gasteiger partial charge is 0.251 e. The largest absolute Gasteiger partial charge is 0.355 e. The van der Waals surface area contributed by atoms with E-state index in [1.54, 1.807) is 14.1 Å². The van der Waals surface area contributed by atoms with Crippen molar-refractivity contribution in [1.29, 1.82) is 0 Å². The average molecular weight is 338 g/mol. The van der Waals surface area contributed by atoms with Gasteiger partial charge in [0.1, 0.15) is 0 Å². The van der Waals surface area contributed by atoms with E-state index in [0.717, 1.165) is 18.1 Å². The molecule has 5 nitrogen and oxygen atoms in total. The van der Waals surface area contributed by atoms with E-state index in [0.29, 0.717) is 12.1 Å². The molecule has 25 heavy (non-hydrogen) atoms. The van der Waals surface area contributed by atoms with Crippen molar-refractivity contribution in [2.45, 2.75) is 20.0 Å². The number of carbonyl (C=O) groups excluding carboxylic acids is 1. The van der Waals surface area contributed by atoms with Gasteiger partial charge in [-0.25, -0.2) is 0 Å². The summed E-state index contributed by atoms with van der Waals surface area (Å²) in [4.78, 5) is 18.0. The molecule has 0 saturated carbocycles. The van der Waals surface area contributed by atoms with Gasteiger partial charge in [0.15, 0.2) is 5.96 Å². The molecule has 2 N–H and O–H groups in total. The van der Waals surface area contributed by atoms with Crippen LogP contribution >= 0.6 is 0 Å². The van der Waals surface area contributed by atoms with Crippen molar-refractivity contribution in [2.75, 3.05) is 21.1 Å². The van der Waals surface area contributed by atoms with Crippen LogP contribution in [-0.4, -0.2) is 37.9 Å². The van der Waals surface area contributed by atoms with Crippen LogP contribution in [0.15, 0.2) is 53.5 Å². The Balaban J connectivity index is 1.95. The number of guanidine groups is 1. The molecule has 0 aromatic heterocycles. The molecule has 2 aromatic carbocycles. The molecular weight excluding hydrogens is 312 g/mol. The Labute approximate surface area is 149 Å². The third-order valence-corrected chi connectivity index (χ3v) is 4.14. The monoisotopic (exact) mass is 338 g/mol. The molecule has 2 rings (SSSR count). The van der Waals surface area contributed by atoms with Crippen molar-refractivity contribution < 1.29 is 4.79 Å². The summed E-state index contributed by atoms with van der Waals surface area (Å²) in [5, 5.41) is 5.99. The number of hydrogen-bond donors (Lipinski definition) is 2. The Morgan fingerprint density at radius 3 is 2.40 bits per heavy atom. The fraction of sp³-hybridized carbons (Fsp3) is 0.300. The summed E-state index contributed by atoms with van der Waals surface area (Å²) < 4.78 is 0. The van der Waals surface area contributed by atoms with Crippen LogP contribution in [0.25, 0.3) is 0 Å². The van der Waals surface area contributed by atoms with E-state index in [9.17, 15) is 4.79 Å². The summed E-state index contributed by atoms with van der Waals surface area (Å²) >= 11 is 0. The third-order valence-electron chi connectivity index (χ3n) is 4.14. The quantitative estimate of drug-likeness (QED) is 0.651. The highest BCUT2D eigenvalue weighted by Gasteiger charge is 2.08. The standard InChI is InChI=1S/C20H26N4O/c1-15-7-5-6-8-18(15)14-24(4)20(22-3)23-13-16-9-11-17(12-10-16)19(25)21-2/h5-12H,13-14H2,1-4H3,(H,21,25)(H,22,23). The molecule has 5 heteroatoms. The van der Waals surface area contributed by atoms with Crippen LogP contribution in [0.5, 0.6) is 0 Å². The maximum Gasteiger partial charge on any atom is 0.251 e. The summed E-state index contributed by atoms with van der Waals surface area (Å²) in [5.74, 6) is 0.756. The summed E-state index contributed by atoms with van der Waals surface area (Å²) in [7, 11) is 5.44. The van der Waals surface area contributed by atoms with Crippen molar-refractivity contribution >= 4 is 11.9 Å². The Morgan fingerprint density at radius 1 is 1.12 bits per heavy atom. The molecule has 0 saturated heterocycles.